The number of hydrogen-bond donors (Lipinski definition) is 1. The number of fused-ring (bicyclic) bond motifs is 1. The molecule has 3 rings (SSSR count). The average molecular weight is 388 g/mol. The molecule has 0 saturated carbocycles. The van der Waals surface area contributed by atoms with E-state index in [1.54, 1.807) is 6.20 Å². The summed E-state index contributed by atoms with van der Waals surface area (Å²) in [5.74, 6) is -0.837. The van der Waals surface area contributed by atoms with Gasteiger partial charge in [0, 0.05) is 36.4 Å². The molecule has 0 aromatic carbocycles. The largest absolute Gasteiger partial charge is 0.368 e. The number of anilines is 1. The normalized spacial score (nSPS) is 20.4. The van der Waals surface area contributed by atoms with Gasteiger partial charge in [0.15, 0.2) is 23.2 Å². The lowest BCUT2D eigenvalue weighted by Crippen LogP contribution is -2.42. The molecule has 0 amide bonds. The SMILES string of the molecule is CC(=O)C1=CN(C(C)C)Cc2nc(N3CCC(C(C)(C)N)C3)c(F)cc2C1=O. The van der Waals surface area contributed by atoms with Gasteiger partial charge in [-0.1, -0.05) is 0 Å². The highest BCUT2D eigenvalue weighted by atomic mass is 19.1. The van der Waals surface area contributed by atoms with Crippen LogP contribution in [0.5, 0.6) is 0 Å². The first-order valence-electron chi connectivity index (χ1n) is 9.75. The molecule has 0 aliphatic carbocycles. The summed E-state index contributed by atoms with van der Waals surface area (Å²) >= 11 is 0. The summed E-state index contributed by atoms with van der Waals surface area (Å²) in [6.45, 7) is 10.9. The number of nitrogens with zero attached hydrogens (tertiary/aromatic N) is 3. The van der Waals surface area contributed by atoms with Crippen molar-refractivity contribution in [1.82, 2.24) is 9.88 Å². The number of nitrogens with two attached hydrogens (primary N) is 1. The second-order valence-electron chi connectivity index (χ2n) is 8.74. The van der Waals surface area contributed by atoms with Gasteiger partial charge in [-0.25, -0.2) is 9.37 Å². The van der Waals surface area contributed by atoms with Crippen LogP contribution in [-0.2, 0) is 11.3 Å². The van der Waals surface area contributed by atoms with E-state index in [1.165, 1.54) is 13.0 Å². The number of rotatable bonds is 4. The topological polar surface area (TPSA) is 79.5 Å². The monoisotopic (exact) mass is 388 g/mol. The van der Waals surface area contributed by atoms with Gasteiger partial charge in [0.05, 0.1) is 17.8 Å². The third-order valence-electron chi connectivity index (χ3n) is 5.74. The van der Waals surface area contributed by atoms with Gasteiger partial charge in [0.2, 0.25) is 0 Å². The number of allylic oxidation sites excluding steroid dienone is 1. The van der Waals surface area contributed by atoms with Crippen molar-refractivity contribution >= 4 is 17.4 Å². The van der Waals surface area contributed by atoms with Gasteiger partial charge in [0.25, 0.3) is 0 Å². The standard InChI is InChI=1S/C21H29FN4O2/c1-12(2)26-10-16(13(3)27)19(28)15-8-17(22)20(24-18(15)11-26)25-7-6-14(9-25)21(4,5)23/h8,10,12,14H,6-7,9,11,23H2,1-5H3. The number of carbonyl (C=O) groups is 2. The molecule has 0 spiro atoms. The number of Topliss-reactive ketones (excluding diaryl/α,β-unsaturated/α-hetero) is 2. The average Bonchev–Trinajstić information content (AvgIpc) is 3.03. The van der Waals surface area contributed by atoms with Crippen LogP contribution in [0.25, 0.3) is 0 Å². The Morgan fingerprint density at radius 1 is 1.39 bits per heavy atom. The third-order valence-corrected chi connectivity index (χ3v) is 5.74. The summed E-state index contributed by atoms with van der Waals surface area (Å²) in [7, 11) is 0. The van der Waals surface area contributed by atoms with Crippen molar-refractivity contribution in [3.63, 3.8) is 0 Å². The molecule has 2 aliphatic heterocycles. The molecule has 1 aromatic rings. The predicted molar refractivity (Wildman–Crippen MR) is 107 cm³/mol. The van der Waals surface area contributed by atoms with Gasteiger partial charge in [-0.05, 0) is 53.0 Å². The number of pyridine rings is 1. The van der Waals surface area contributed by atoms with Crippen LogP contribution in [0, 0.1) is 11.7 Å². The molecule has 2 aliphatic rings. The van der Waals surface area contributed by atoms with Crippen LogP contribution in [0.4, 0.5) is 10.2 Å². The van der Waals surface area contributed by atoms with E-state index in [9.17, 15) is 14.0 Å². The summed E-state index contributed by atoms with van der Waals surface area (Å²) in [6.07, 6.45) is 2.45. The number of halogens is 1. The number of carbonyl (C=O) groups excluding carboxylic acids is 2. The molecule has 0 bridgehead atoms. The maximum Gasteiger partial charge on any atom is 0.200 e. The lowest BCUT2D eigenvalue weighted by molar-refractivity contribution is -0.113. The van der Waals surface area contributed by atoms with Crippen LogP contribution in [0.3, 0.4) is 0 Å². The first-order chi connectivity index (χ1) is 13.0. The van der Waals surface area contributed by atoms with E-state index in [0.717, 1.165) is 6.42 Å². The molecule has 6 nitrogen and oxygen atoms in total. The highest BCUT2D eigenvalue weighted by Gasteiger charge is 2.35. The lowest BCUT2D eigenvalue weighted by Gasteiger charge is -2.28. The smallest absolute Gasteiger partial charge is 0.200 e. The summed E-state index contributed by atoms with van der Waals surface area (Å²) < 4.78 is 14.9. The van der Waals surface area contributed by atoms with Crippen molar-refractivity contribution in [2.24, 2.45) is 11.7 Å². The molecule has 1 aromatic heterocycles. The van der Waals surface area contributed by atoms with Crippen LogP contribution in [-0.4, -0.2) is 46.1 Å². The van der Waals surface area contributed by atoms with Crippen LogP contribution in [0.2, 0.25) is 0 Å². The number of aromatic nitrogens is 1. The number of hydrogen-bond acceptors (Lipinski definition) is 6. The Morgan fingerprint density at radius 2 is 2.07 bits per heavy atom. The van der Waals surface area contributed by atoms with E-state index >= 15 is 0 Å². The van der Waals surface area contributed by atoms with Gasteiger partial charge in [-0.2, -0.15) is 0 Å². The van der Waals surface area contributed by atoms with Crippen molar-refractivity contribution in [2.45, 2.75) is 59.2 Å². The molecule has 0 radical (unpaired) electrons. The quantitative estimate of drug-likeness (QED) is 0.799. The molecular formula is C21H29FN4O2. The van der Waals surface area contributed by atoms with Crippen LogP contribution in [0.1, 0.15) is 57.1 Å². The van der Waals surface area contributed by atoms with Crippen molar-refractivity contribution in [2.75, 3.05) is 18.0 Å². The summed E-state index contributed by atoms with van der Waals surface area (Å²) in [5, 5.41) is 0. The molecule has 7 heteroatoms. The van der Waals surface area contributed by atoms with Gasteiger partial charge >= 0.3 is 0 Å². The Morgan fingerprint density at radius 3 is 2.61 bits per heavy atom. The Hall–Kier alpha value is -2.28. The highest BCUT2D eigenvalue weighted by molar-refractivity contribution is 6.26. The van der Waals surface area contributed by atoms with E-state index in [1.807, 2.05) is 37.5 Å². The zero-order chi connectivity index (χ0) is 20.8. The molecule has 1 atom stereocenters. The van der Waals surface area contributed by atoms with E-state index in [4.69, 9.17) is 5.73 Å². The Balaban J connectivity index is 2.01. The van der Waals surface area contributed by atoms with E-state index in [0.29, 0.717) is 25.3 Å². The second kappa shape index (κ2) is 7.28. The molecule has 1 saturated heterocycles. The van der Waals surface area contributed by atoms with Crippen molar-refractivity contribution in [3.8, 4) is 0 Å². The highest BCUT2D eigenvalue weighted by Crippen LogP contribution is 2.32. The summed E-state index contributed by atoms with van der Waals surface area (Å²) in [4.78, 5) is 33.2. The summed E-state index contributed by atoms with van der Waals surface area (Å²) in [6, 6.07) is 1.30. The fraction of sp³-hybridized carbons (Fsp3) is 0.571. The molecule has 3 heterocycles. The molecule has 1 unspecified atom stereocenters. The van der Waals surface area contributed by atoms with Crippen molar-refractivity contribution in [1.29, 1.82) is 0 Å². The zero-order valence-corrected chi connectivity index (χ0v) is 17.3. The molecular weight excluding hydrogens is 359 g/mol. The van der Waals surface area contributed by atoms with E-state index < -0.39 is 11.6 Å². The molecule has 28 heavy (non-hydrogen) atoms. The van der Waals surface area contributed by atoms with E-state index in [2.05, 4.69) is 4.98 Å². The first kappa shape index (κ1) is 20.5. The minimum Gasteiger partial charge on any atom is -0.368 e. The van der Waals surface area contributed by atoms with Gasteiger partial charge in [-0.15, -0.1) is 0 Å². The Bertz CT molecular complexity index is 842. The second-order valence-corrected chi connectivity index (χ2v) is 8.74. The number of ketones is 2. The molecule has 1 fully saturated rings. The zero-order valence-electron chi connectivity index (χ0n) is 17.3. The molecule has 2 N–H and O–H groups in total. The summed E-state index contributed by atoms with van der Waals surface area (Å²) in [5.41, 5.74) is 6.62. The van der Waals surface area contributed by atoms with Gasteiger partial charge < -0.3 is 15.5 Å². The van der Waals surface area contributed by atoms with Crippen LogP contribution in [0.15, 0.2) is 17.8 Å². The maximum atomic E-state index is 14.9. The van der Waals surface area contributed by atoms with Crippen LogP contribution < -0.4 is 10.6 Å². The maximum absolute atomic E-state index is 14.9. The predicted octanol–water partition coefficient (Wildman–Crippen LogP) is 2.66. The first-order valence-corrected chi connectivity index (χ1v) is 9.75. The fourth-order valence-corrected chi connectivity index (χ4v) is 3.79. The Labute approximate surface area is 165 Å². The van der Waals surface area contributed by atoms with Crippen molar-refractivity contribution < 1.29 is 14.0 Å². The van der Waals surface area contributed by atoms with Gasteiger partial charge in [0.1, 0.15) is 0 Å². The lowest BCUT2D eigenvalue weighted by atomic mass is 9.88. The minimum atomic E-state index is -0.538. The van der Waals surface area contributed by atoms with E-state index in [-0.39, 0.29) is 40.2 Å². The van der Waals surface area contributed by atoms with Crippen molar-refractivity contribution in [3.05, 3.63) is 34.9 Å². The minimum absolute atomic E-state index is 0.0625. The molecule has 152 valence electrons. The van der Waals surface area contributed by atoms with Gasteiger partial charge in [-0.3, -0.25) is 9.59 Å². The van der Waals surface area contributed by atoms with Crippen LogP contribution >= 0.6 is 0 Å². The fourth-order valence-electron chi connectivity index (χ4n) is 3.79. The third kappa shape index (κ3) is 3.81. The Kier molecular flexibility index (Phi) is 5.32.